The van der Waals surface area contributed by atoms with Crippen molar-refractivity contribution in [3.8, 4) is 5.75 Å². The van der Waals surface area contributed by atoms with Gasteiger partial charge in [-0.3, -0.25) is 9.10 Å². The molecule has 0 aliphatic carbocycles. The Balaban J connectivity index is 2.55. The first-order valence-electron chi connectivity index (χ1n) is 7.75. The lowest BCUT2D eigenvalue weighted by Gasteiger charge is -2.25. The maximum atomic E-state index is 13.1. The van der Waals surface area contributed by atoms with Crippen molar-refractivity contribution in [2.45, 2.75) is 18.2 Å². The van der Waals surface area contributed by atoms with Gasteiger partial charge in [0.15, 0.2) is 0 Å². The van der Waals surface area contributed by atoms with E-state index < -0.39 is 22.5 Å². The zero-order chi connectivity index (χ0) is 18.4. The van der Waals surface area contributed by atoms with E-state index in [0.29, 0.717) is 17.9 Å². The third-order valence-electron chi connectivity index (χ3n) is 3.79. The summed E-state index contributed by atoms with van der Waals surface area (Å²) >= 11 is 0. The number of sulfonamides is 1. The highest BCUT2D eigenvalue weighted by atomic mass is 32.2. The van der Waals surface area contributed by atoms with Crippen LogP contribution < -0.4 is 9.04 Å². The van der Waals surface area contributed by atoms with Crippen molar-refractivity contribution in [3.05, 3.63) is 54.1 Å². The number of aryl methyl sites for hydroxylation is 1. The van der Waals surface area contributed by atoms with Crippen LogP contribution in [0.4, 0.5) is 5.69 Å². The molecule has 0 aliphatic heterocycles. The summed E-state index contributed by atoms with van der Waals surface area (Å²) < 4.78 is 37.1. The minimum atomic E-state index is -3.94. The number of para-hydroxylation sites is 1. The summed E-state index contributed by atoms with van der Waals surface area (Å²) in [4.78, 5) is 11.9. The predicted octanol–water partition coefficient (Wildman–Crippen LogP) is 2.63. The monoisotopic (exact) mass is 363 g/mol. The summed E-state index contributed by atoms with van der Waals surface area (Å²) in [5.74, 6) is -0.0876. The lowest BCUT2D eigenvalue weighted by Crippen LogP contribution is -2.37. The number of esters is 1. The molecule has 0 saturated carbocycles. The molecule has 25 heavy (non-hydrogen) atoms. The van der Waals surface area contributed by atoms with Crippen LogP contribution in [0.3, 0.4) is 0 Å². The van der Waals surface area contributed by atoms with Gasteiger partial charge in [-0.25, -0.2) is 8.42 Å². The molecule has 0 N–H and O–H groups in total. The third-order valence-corrected chi connectivity index (χ3v) is 5.56. The summed E-state index contributed by atoms with van der Waals surface area (Å²) in [5, 5.41) is 0. The number of anilines is 1. The Hall–Kier alpha value is -2.54. The fourth-order valence-corrected chi connectivity index (χ4v) is 3.86. The quantitative estimate of drug-likeness (QED) is 0.707. The number of hydrogen-bond acceptors (Lipinski definition) is 5. The summed E-state index contributed by atoms with van der Waals surface area (Å²) in [6.45, 7) is 1.52. The highest BCUT2D eigenvalue weighted by molar-refractivity contribution is 7.92. The van der Waals surface area contributed by atoms with Gasteiger partial charge in [0.2, 0.25) is 0 Å². The predicted molar refractivity (Wildman–Crippen MR) is 95.4 cm³/mol. The van der Waals surface area contributed by atoms with Crippen LogP contribution in [0.15, 0.2) is 53.4 Å². The summed E-state index contributed by atoms with van der Waals surface area (Å²) in [5.41, 5.74) is 1.29. The molecule has 7 heteroatoms. The van der Waals surface area contributed by atoms with Crippen LogP contribution in [0.2, 0.25) is 0 Å². The number of rotatable bonds is 7. The van der Waals surface area contributed by atoms with Gasteiger partial charge in [-0.2, -0.15) is 0 Å². The van der Waals surface area contributed by atoms with Crippen LogP contribution >= 0.6 is 0 Å². The van der Waals surface area contributed by atoms with Crippen LogP contribution in [0.25, 0.3) is 0 Å². The van der Waals surface area contributed by atoms with Gasteiger partial charge in [-0.05, 0) is 42.3 Å². The molecule has 0 aromatic heterocycles. The average Bonchev–Trinajstić information content (AvgIpc) is 2.65. The lowest BCUT2D eigenvalue weighted by molar-refractivity contribution is -0.138. The normalized spacial score (nSPS) is 11.0. The standard InChI is InChI=1S/C18H21NO5S/c1-4-14-7-5-6-8-17(14)19(13-18(20)24-3)25(21,22)16-11-9-15(23-2)10-12-16/h5-12H,4,13H2,1-3H3. The number of hydrogen-bond donors (Lipinski definition) is 0. The van der Waals surface area contributed by atoms with Crippen molar-refractivity contribution in [1.29, 1.82) is 0 Å². The Morgan fingerprint density at radius 3 is 2.24 bits per heavy atom. The van der Waals surface area contributed by atoms with Crippen molar-refractivity contribution in [2.24, 2.45) is 0 Å². The molecule has 0 unspecified atom stereocenters. The Morgan fingerprint density at radius 2 is 1.68 bits per heavy atom. The van der Waals surface area contributed by atoms with E-state index in [0.717, 1.165) is 9.87 Å². The number of ether oxygens (including phenoxy) is 2. The molecule has 0 saturated heterocycles. The number of carbonyl (C=O) groups is 1. The minimum Gasteiger partial charge on any atom is -0.497 e. The van der Waals surface area contributed by atoms with E-state index in [1.165, 1.54) is 26.4 Å². The minimum absolute atomic E-state index is 0.0723. The molecule has 0 atom stereocenters. The van der Waals surface area contributed by atoms with Crippen molar-refractivity contribution in [1.82, 2.24) is 0 Å². The Kier molecular flexibility index (Phi) is 6.03. The molecule has 0 heterocycles. The van der Waals surface area contributed by atoms with Crippen LogP contribution in [0.1, 0.15) is 12.5 Å². The van der Waals surface area contributed by atoms with E-state index in [1.54, 1.807) is 24.3 Å². The Labute approximate surface area is 148 Å². The first-order chi connectivity index (χ1) is 11.9. The van der Waals surface area contributed by atoms with Crippen LogP contribution in [0, 0.1) is 0 Å². The Bertz CT molecular complexity index is 831. The first-order valence-corrected chi connectivity index (χ1v) is 9.19. The van der Waals surface area contributed by atoms with Gasteiger partial charge in [-0.1, -0.05) is 25.1 Å². The van der Waals surface area contributed by atoms with Crippen molar-refractivity contribution in [3.63, 3.8) is 0 Å². The van der Waals surface area contributed by atoms with Crippen LogP contribution in [0.5, 0.6) is 5.75 Å². The topological polar surface area (TPSA) is 72.9 Å². The van der Waals surface area contributed by atoms with E-state index in [9.17, 15) is 13.2 Å². The fourth-order valence-electron chi connectivity index (χ4n) is 2.41. The Morgan fingerprint density at radius 1 is 1.04 bits per heavy atom. The number of nitrogens with zero attached hydrogens (tertiary/aromatic N) is 1. The van der Waals surface area contributed by atoms with Crippen LogP contribution in [-0.4, -0.2) is 35.2 Å². The SMILES string of the molecule is CCc1ccccc1N(CC(=O)OC)S(=O)(=O)c1ccc(OC)cc1. The van der Waals surface area contributed by atoms with E-state index in [2.05, 4.69) is 4.74 Å². The van der Waals surface area contributed by atoms with Gasteiger partial charge >= 0.3 is 5.97 Å². The van der Waals surface area contributed by atoms with Crippen molar-refractivity contribution >= 4 is 21.7 Å². The summed E-state index contributed by atoms with van der Waals surface area (Å²) in [6, 6.07) is 13.1. The second-order valence-corrected chi connectivity index (χ2v) is 7.11. The molecule has 0 radical (unpaired) electrons. The smallest absolute Gasteiger partial charge is 0.326 e. The average molecular weight is 363 g/mol. The summed E-state index contributed by atoms with van der Waals surface area (Å²) in [6.07, 6.45) is 0.631. The van der Waals surface area contributed by atoms with Crippen LogP contribution in [-0.2, 0) is 26.0 Å². The number of benzene rings is 2. The van der Waals surface area contributed by atoms with Gasteiger partial charge < -0.3 is 9.47 Å². The molecule has 2 rings (SSSR count). The maximum Gasteiger partial charge on any atom is 0.326 e. The second kappa shape index (κ2) is 8.02. The fraction of sp³-hybridized carbons (Fsp3) is 0.278. The van der Waals surface area contributed by atoms with Gasteiger partial charge in [0, 0.05) is 0 Å². The molecule has 2 aromatic rings. The molecule has 6 nitrogen and oxygen atoms in total. The molecule has 2 aromatic carbocycles. The molecular formula is C18H21NO5S. The highest BCUT2D eigenvalue weighted by Crippen LogP contribution is 2.28. The maximum absolute atomic E-state index is 13.1. The zero-order valence-corrected chi connectivity index (χ0v) is 15.2. The van der Waals surface area contributed by atoms with E-state index in [1.807, 2.05) is 19.1 Å². The zero-order valence-electron chi connectivity index (χ0n) is 14.4. The molecule has 0 fully saturated rings. The number of methoxy groups -OCH3 is 2. The molecule has 0 amide bonds. The lowest BCUT2D eigenvalue weighted by atomic mass is 10.1. The van der Waals surface area contributed by atoms with Crippen molar-refractivity contribution in [2.75, 3.05) is 25.1 Å². The third kappa shape index (κ3) is 4.11. The molecule has 0 spiro atoms. The molecule has 0 aliphatic rings. The van der Waals surface area contributed by atoms with Crippen molar-refractivity contribution < 1.29 is 22.7 Å². The molecule has 0 bridgehead atoms. The van der Waals surface area contributed by atoms with Gasteiger partial charge in [-0.15, -0.1) is 0 Å². The molecular weight excluding hydrogens is 342 g/mol. The largest absolute Gasteiger partial charge is 0.497 e. The first kappa shape index (κ1) is 18.8. The number of carbonyl (C=O) groups excluding carboxylic acids is 1. The van der Waals surface area contributed by atoms with E-state index in [4.69, 9.17) is 4.74 Å². The van der Waals surface area contributed by atoms with Gasteiger partial charge in [0.25, 0.3) is 10.0 Å². The highest BCUT2D eigenvalue weighted by Gasteiger charge is 2.28. The second-order valence-electron chi connectivity index (χ2n) is 5.25. The molecule has 134 valence electrons. The van der Waals surface area contributed by atoms with E-state index >= 15 is 0 Å². The van der Waals surface area contributed by atoms with Gasteiger partial charge in [0.1, 0.15) is 12.3 Å². The van der Waals surface area contributed by atoms with E-state index in [-0.39, 0.29) is 4.90 Å². The summed E-state index contributed by atoms with van der Waals surface area (Å²) in [7, 11) is -1.21. The van der Waals surface area contributed by atoms with Gasteiger partial charge in [0.05, 0.1) is 24.8 Å².